The van der Waals surface area contributed by atoms with E-state index in [1.165, 1.54) is 12.8 Å². The lowest BCUT2D eigenvalue weighted by molar-refractivity contribution is 0.186. The first-order valence-electron chi connectivity index (χ1n) is 10.5. The molecule has 1 saturated carbocycles. The lowest BCUT2D eigenvalue weighted by atomic mass is 10.2. The Morgan fingerprint density at radius 2 is 1.83 bits per heavy atom. The van der Waals surface area contributed by atoms with Gasteiger partial charge in [0, 0.05) is 44.9 Å². The molecule has 3 heterocycles. The maximum Gasteiger partial charge on any atom is 0.261 e. The van der Waals surface area contributed by atoms with Gasteiger partial charge in [-0.25, -0.2) is 4.98 Å². The molecule has 0 bridgehead atoms. The predicted octanol–water partition coefficient (Wildman–Crippen LogP) is 2.04. The maximum atomic E-state index is 12.6. The summed E-state index contributed by atoms with van der Waals surface area (Å²) < 4.78 is 6.66. The molecule has 0 radical (unpaired) electrons. The Bertz CT molecular complexity index is 1080. The molecule has 0 unspecified atom stereocenters. The largest absolute Gasteiger partial charge is 0.383 e. The molecule has 5 rings (SSSR count). The molecule has 8 nitrogen and oxygen atoms in total. The highest BCUT2D eigenvalue weighted by Crippen LogP contribution is 2.38. The Balaban J connectivity index is 1.27. The zero-order valence-corrected chi connectivity index (χ0v) is 17.2. The van der Waals surface area contributed by atoms with Crippen LogP contribution in [0.3, 0.4) is 0 Å². The van der Waals surface area contributed by atoms with E-state index in [9.17, 15) is 4.79 Å². The Morgan fingerprint density at radius 1 is 1.03 bits per heavy atom. The van der Waals surface area contributed by atoms with Crippen LogP contribution in [0.25, 0.3) is 10.9 Å². The van der Waals surface area contributed by atoms with Gasteiger partial charge < -0.3 is 14.5 Å². The number of piperazine rings is 1. The van der Waals surface area contributed by atoms with Crippen LogP contribution in [0.4, 0.5) is 11.5 Å². The van der Waals surface area contributed by atoms with Gasteiger partial charge in [0.2, 0.25) is 0 Å². The van der Waals surface area contributed by atoms with Crippen LogP contribution in [-0.2, 0) is 11.3 Å². The van der Waals surface area contributed by atoms with Gasteiger partial charge in [-0.2, -0.15) is 5.10 Å². The molecular formula is C22H26N6O2. The van der Waals surface area contributed by atoms with Crippen molar-refractivity contribution in [2.45, 2.75) is 25.3 Å². The highest BCUT2D eigenvalue weighted by molar-refractivity contribution is 5.81. The topological polar surface area (TPSA) is 76.4 Å². The van der Waals surface area contributed by atoms with E-state index in [2.05, 4.69) is 37.1 Å². The second-order valence-electron chi connectivity index (χ2n) is 8.00. The standard InChI is InChI=1S/C22H26N6O2/c1-30-13-12-28-15-23-20-14-17(4-5-18(20)22(28)29)26-8-10-27(11-9-26)21-7-6-19(24-25-21)16-2-3-16/h4-7,14-16H,2-3,8-13H2,1H3. The molecule has 156 valence electrons. The van der Waals surface area contributed by atoms with E-state index in [4.69, 9.17) is 4.74 Å². The number of methoxy groups -OCH3 is 1. The highest BCUT2D eigenvalue weighted by atomic mass is 16.5. The van der Waals surface area contributed by atoms with Crippen molar-refractivity contribution in [3.8, 4) is 0 Å². The van der Waals surface area contributed by atoms with E-state index in [1.807, 2.05) is 18.2 Å². The number of nitrogens with zero attached hydrogens (tertiary/aromatic N) is 6. The average molecular weight is 406 g/mol. The summed E-state index contributed by atoms with van der Waals surface area (Å²) in [5, 5.41) is 9.49. The zero-order valence-electron chi connectivity index (χ0n) is 17.2. The van der Waals surface area contributed by atoms with Crippen molar-refractivity contribution in [1.29, 1.82) is 0 Å². The summed E-state index contributed by atoms with van der Waals surface area (Å²) >= 11 is 0. The third-order valence-electron chi connectivity index (χ3n) is 5.98. The van der Waals surface area contributed by atoms with Gasteiger partial charge in [-0.15, -0.1) is 5.10 Å². The second kappa shape index (κ2) is 8.02. The van der Waals surface area contributed by atoms with Crippen LogP contribution in [0, 0.1) is 0 Å². The second-order valence-corrected chi connectivity index (χ2v) is 8.00. The Labute approximate surface area is 175 Å². The van der Waals surface area contributed by atoms with Crippen LogP contribution in [0.2, 0.25) is 0 Å². The van der Waals surface area contributed by atoms with Gasteiger partial charge in [0.25, 0.3) is 5.56 Å². The number of fused-ring (bicyclic) bond motifs is 1. The fourth-order valence-corrected chi connectivity index (χ4v) is 3.99. The van der Waals surface area contributed by atoms with E-state index in [1.54, 1.807) is 18.0 Å². The number of hydrogen-bond acceptors (Lipinski definition) is 7. The highest BCUT2D eigenvalue weighted by Gasteiger charge is 2.26. The quantitative estimate of drug-likeness (QED) is 0.620. The van der Waals surface area contributed by atoms with Crippen LogP contribution in [0.1, 0.15) is 24.5 Å². The molecular weight excluding hydrogens is 380 g/mol. The van der Waals surface area contributed by atoms with Crippen molar-refractivity contribution in [2.24, 2.45) is 0 Å². The summed E-state index contributed by atoms with van der Waals surface area (Å²) in [5.74, 6) is 1.59. The molecule has 1 aliphatic heterocycles. The average Bonchev–Trinajstić information content (AvgIpc) is 3.64. The molecule has 8 heteroatoms. The normalized spacial score (nSPS) is 17.0. The Morgan fingerprint density at radius 3 is 2.53 bits per heavy atom. The first kappa shape index (κ1) is 19.0. The van der Waals surface area contributed by atoms with E-state index in [0.717, 1.165) is 48.9 Å². The summed E-state index contributed by atoms with van der Waals surface area (Å²) in [4.78, 5) is 21.7. The van der Waals surface area contributed by atoms with E-state index >= 15 is 0 Å². The number of aromatic nitrogens is 4. The van der Waals surface area contributed by atoms with Gasteiger partial charge >= 0.3 is 0 Å². The van der Waals surface area contributed by atoms with E-state index < -0.39 is 0 Å². The van der Waals surface area contributed by atoms with Crippen LogP contribution in [-0.4, -0.2) is 59.6 Å². The molecule has 1 aliphatic carbocycles. The summed E-state index contributed by atoms with van der Waals surface area (Å²) in [7, 11) is 1.63. The molecule has 3 aromatic rings. The van der Waals surface area contributed by atoms with E-state index in [0.29, 0.717) is 24.5 Å². The van der Waals surface area contributed by atoms with E-state index in [-0.39, 0.29) is 5.56 Å². The lowest BCUT2D eigenvalue weighted by Gasteiger charge is -2.36. The van der Waals surface area contributed by atoms with Crippen LogP contribution in [0.5, 0.6) is 0 Å². The molecule has 0 spiro atoms. The number of anilines is 2. The van der Waals surface area contributed by atoms with Gasteiger partial charge in [-0.3, -0.25) is 9.36 Å². The van der Waals surface area contributed by atoms with Gasteiger partial charge in [-0.1, -0.05) is 0 Å². The van der Waals surface area contributed by atoms with Crippen LogP contribution in [0.15, 0.2) is 41.5 Å². The monoisotopic (exact) mass is 406 g/mol. The van der Waals surface area contributed by atoms with Gasteiger partial charge in [0.05, 0.1) is 36.1 Å². The van der Waals surface area contributed by atoms with Crippen molar-refractivity contribution < 1.29 is 4.74 Å². The fourth-order valence-electron chi connectivity index (χ4n) is 3.99. The Hall–Kier alpha value is -3.00. The zero-order chi connectivity index (χ0) is 20.5. The number of benzene rings is 1. The van der Waals surface area contributed by atoms with Gasteiger partial charge in [0.15, 0.2) is 5.82 Å². The minimum atomic E-state index is -0.0263. The number of rotatable bonds is 6. The molecule has 2 aromatic heterocycles. The van der Waals surface area contributed by atoms with Gasteiger partial charge in [-0.05, 0) is 43.2 Å². The van der Waals surface area contributed by atoms with Crippen molar-refractivity contribution in [3.05, 3.63) is 52.7 Å². The molecule has 0 N–H and O–H groups in total. The molecule has 30 heavy (non-hydrogen) atoms. The van der Waals surface area contributed by atoms with Crippen LogP contribution < -0.4 is 15.4 Å². The molecule has 0 amide bonds. The lowest BCUT2D eigenvalue weighted by Crippen LogP contribution is -2.46. The molecule has 2 aliphatic rings. The summed E-state index contributed by atoms with van der Waals surface area (Å²) in [6.45, 7) is 4.56. The summed E-state index contributed by atoms with van der Waals surface area (Å²) in [6, 6.07) is 10.1. The SMILES string of the molecule is COCCn1cnc2cc(N3CCN(c4ccc(C5CC5)nn4)CC3)ccc2c1=O. The molecule has 2 fully saturated rings. The molecule has 1 saturated heterocycles. The first-order valence-corrected chi connectivity index (χ1v) is 10.5. The Kier molecular flexibility index (Phi) is 5.08. The number of ether oxygens (including phenoxy) is 1. The maximum absolute atomic E-state index is 12.6. The summed E-state index contributed by atoms with van der Waals surface area (Å²) in [6.07, 6.45) is 4.10. The minimum Gasteiger partial charge on any atom is -0.383 e. The van der Waals surface area contributed by atoms with Crippen molar-refractivity contribution in [1.82, 2.24) is 19.7 Å². The fraction of sp³-hybridized carbons (Fsp3) is 0.455. The third-order valence-corrected chi connectivity index (χ3v) is 5.98. The first-order chi connectivity index (χ1) is 14.7. The van der Waals surface area contributed by atoms with Crippen molar-refractivity contribution in [2.75, 3.05) is 49.7 Å². The van der Waals surface area contributed by atoms with Crippen molar-refractivity contribution >= 4 is 22.4 Å². The van der Waals surface area contributed by atoms with Crippen LogP contribution >= 0.6 is 0 Å². The van der Waals surface area contributed by atoms with Gasteiger partial charge in [0.1, 0.15) is 0 Å². The molecule has 0 atom stereocenters. The van der Waals surface area contributed by atoms with Crippen molar-refractivity contribution in [3.63, 3.8) is 0 Å². The smallest absolute Gasteiger partial charge is 0.261 e. The number of hydrogen-bond donors (Lipinski definition) is 0. The predicted molar refractivity (Wildman–Crippen MR) is 116 cm³/mol. The summed E-state index contributed by atoms with van der Waals surface area (Å²) in [5.41, 5.74) is 2.93. The third kappa shape index (κ3) is 3.75. The minimum absolute atomic E-state index is 0.0263. The molecule has 1 aromatic carbocycles.